The third-order valence-corrected chi connectivity index (χ3v) is 23.1. The summed E-state index contributed by atoms with van der Waals surface area (Å²) in [4.78, 5) is 24.7. The van der Waals surface area contributed by atoms with Gasteiger partial charge in [-0.15, -0.1) is 35.7 Å². The number of rotatable bonds is 14. The number of ether oxygens (including phenoxy) is 2. The first-order valence-corrected chi connectivity index (χ1v) is 43.8. The number of alkyl carbamates (subject to hydrolysis) is 2. The third kappa shape index (κ3) is 24.5. The van der Waals surface area contributed by atoms with Gasteiger partial charge in [0.25, 0.3) is 0 Å². The molecule has 18 rings (SSSR count). The molecule has 20 nitrogen and oxygen atoms in total. The van der Waals surface area contributed by atoms with Crippen molar-refractivity contribution in [2.45, 2.75) is 160 Å². The van der Waals surface area contributed by atoms with E-state index in [4.69, 9.17) is 42.6 Å². The Hall–Kier alpha value is -13.9. The first kappa shape index (κ1) is 86.5. The molecule has 1 saturated carbocycles. The zero-order chi connectivity index (χ0) is 85.3. The zero-order valence-electron chi connectivity index (χ0n) is 70.4. The minimum atomic E-state index is -0.399. The number of hydrogen-bond donors (Lipinski definition) is 6. The molecule has 2 aromatic heterocycles. The number of nitrogen functional groups attached to an aromatic ring is 4. The van der Waals surface area contributed by atoms with Crippen molar-refractivity contribution in [1.29, 1.82) is 0 Å². The molecule has 0 spiro atoms. The van der Waals surface area contributed by atoms with E-state index in [9.17, 15) is 9.59 Å². The lowest BCUT2D eigenvalue weighted by molar-refractivity contribution is 0.0577. The SMILES string of the molecule is Nc1ccc(-c2nnc(-c3ccccc3)c3c2CCCCCC3)cc1.Nc1ccc(-c2nnc(-c3ccccc3)nn2)cc1.Nc1ccc(C2=NN=C(c3ccccc3)C3CCCCCC(OC(=O)NCc4ccccc4)C23)cc1.Nc1ccc(C2=NN=C(c3ccccc3)C3CCCCCC=C23)cc1.O=C(NCc1ccccc1)OC1/C=C/CCCCC1. The summed E-state index contributed by atoms with van der Waals surface area (Å²) in [5, 5.41) is 50.2. The number of fused-ring (bicyclic) bond motifs is 3. The number of carbonyl (C=O) groups excluding carboxylic acids is 2. The van der Waals surface area contributed by atoms with Gasteiger partial charge in [-0.05, 0) is 201 Å². The van der Waals surface area contributed by atoms with E-state index in [0.29, 0.717) is 42.0 Å². The highest BCUT2D eigenvalue weighted by molar-refractivity contribution is 6.20. The lowest BCUT2D eigenvalue weighted by atomic mass is 9.71. The van der Waals surface area contributed by atoms with Crippen LogP contribution in [0.25, 0.3) is 45.3 Å². The lowest BCUT2D eigenvalue weighted by Gasteiger charge is -2.38. The van der Waals surface area contributed by atoms with Crippen molar-refractivity contribution >= 4 is 57.8 Å². The van der Waals surface area contributed by atoms with E-state index in [1.807, 2.05) is 200 Å². The Balaban J connectivity index is 0.000000129. The average Bonchev–Trinajstić information content (AvgIpc) is 0.763. The van der Waals surface area contributed by atoms with Crippen molar-refractivity contribution in [3.8, 4) is 45.3 Å². The van der Waals surface area contributed by atoms with E-state index in [1.165, 1.54) is 80.1 Å². The molecule has 0 saturated heterocycles. The molecule has 2 aliphatic heterocycles. The van der Waals surface area contributed by atoms with Crippen molar-refractivity contribution in [3.05, 3.63) is 347 Å². The normalized spacial score (nSPS) is 18.1. The number of nitrogens with one attached hydrogen (secondary N) is 2. The van der Waals surface area contributed by atoms with E-state index in [2.05, 4.69) is 136 Å². The van der Waals surface area contributed by atoms with Crippen molar-refractivity contribution in [1.82, 2.24) is 41.2 Å². The van der Waals surface area contributed by atoms with Gasteiger partial charge in [-0.3, -0.25) is 0 Å². The van der Waals surface area contributed by atoms with E-state index in [0.717, 1.165) is 173 Å². The number of carbonyl (C=O) groups is 2. The highest BCUT2D eigenvalue weighted by Gasteiger charge is 2.43. The Morgan fingerprint density at radius 2 is 0.726 bits per heavy atom. The monoisotopic (exact) mass is 1650 g/mol. The smallest absolute Gasteiger partial charge is 0.407 e. The summed E-state index contributed by atoms with van der Waals surface area (Å²) in [6.45, 7) is 0.937. The molecule has 5 atom stereocenters. The van der Waals surface area contributed by atoms with Crippen LogP contribution < -0.4 is 33.6 Å². The number of aromatic nitrogens is 6. The van der Waals surface area contributed by atoms with Crippen molar-refractivity contribution in [2.75, 3.05) is 22.9 Å². The number of anilines is 4. The van der Waals surface area contributed by atoms with Gasteiger partial charge in [0.1, 0.15) is 12.2 Å². The molecule has 5 unspecified atom stereocenters. The van der Waals surface area contributed by atoms with Gasteiger partial charge in [-0.2, -0.15) is 15.3 Å². The summed E-state index contributed by atoms with van der Waals surface area (Å²) in [6.07, 6.45) is 29.2. The molecular formula is C104H110N16O4. The Labute approximate surface area is 727 Å². The highest BCUT2D eigenvalue weighted by atomic mass is 16.6. The minimum Gasteiger partial charge on any atom is -0.446 e. The molecule has 10 N–H and O–H groups in total. The third-order valence-electron chi connectivity index (χ3n) is 23.1. The van der Waals surface area contributed by atoms with Crippen LogP contribution in [0.4, 0.5) is 32.3 Å². The highest BCUT2D eigenvalue weighted by Crippen LogP contribution is 2.40. The molecule has 0 radical (unpaired) electrons. The Bertz CT molecular complexity index is 5570. The number of nitrogens with two attached hydrogens (primary N) is 4. The zero-order valence-corrected chi connectivity index (χ0v) is 70.4. The summed E-state index contributed by atoms with van der Waals surface area (Å²) in [6, 6.07) is 91.5. The molecule has 630 valence electrons. The van der Waals surface area contributed by atoms with Gasteiger partial charge in [0.05, 0.1) is 34.2 Å². The van der Waals surface area contributed by atoms with Gasteiger partial charge in [-0.1, -0.05) is 275 Å². The molecule has 124 heavy (non-hydrogen) atoms. The van der Waals surface area contributed by atoms with E-state index in [-0.39, 0.29) is 30.1 Å². The fourth-order valence-electron chi connectivity index (χ4n) is 16.6. The van der Waals surface area contributed by atoms with Gasteiger partial charge in [-0.25, -0.2) is 9.59 Å². The molecule has 4 aliphatic carbocycles. The predicted molar refractivity (Wildman–Crippen MR) is 501 cm³/mol. The average molecular weight is 1650 g/mol. The first-order chi connectivity index (χ1) is 61.0. The maximum Gasteiger partial charge on any atom is 0.407 e. The quantitative estimate of drug-likeness (QED) is 0.0436. The van der Waals surface area contributed by atoms with Crippen LogP contribution in [0.5, 0.6) is 0 Å². The number of benzene rings is 10. The number of nitrogens with zero attached hydrogens (tertiary/aromatic N) is 10. The Morgan fingerprint density at radius 3 is 1.27 bits per heavy atom. The van der Waals surface area contributed by atoms with Crippen LogP contribution in [0.2, 0.25) is 0 Å². The van der Waals surface area contributed by atoms with Crippen LogP contribution in [0.15, 0.2) is 323 Å². The van der Waals surface area contributed by atoms with Gasteiger partial charge in [0.15, 0.2) is 0 Å². The molecule has 2 amide bonds. The van der Waals surface area contributed by atoms with Gasteiger partial charge in [0.2, 0.25) is 11.6 Å². The van der Waals surface area contributed by atoms with Gasteiger partial charge in [0, 0.05) is 81.4 Å². The van der Waals surface area contributed by atoms with Crippen molar-refractivity contribution in [2.24, 2.45) is 38.2 Å². The predicted octanol–water partition coefficient (Wildman–Crippen LogP) is 22.0. The molecule has 4 heterocycles. The van der Waals surface area contributed by atoms with Crippen LogP contribution in [-0.2, 0) is 35.4 Å². The Kier molecular flexibility index (Phi) is 31.5. The minimum absolute atomic E-state index is 0.0731. The largest absolute Gasteiger partial charge is 0.446 e. The Morgan fingerprint density at radius 1 is 0.339 bits per heavy atom. The van der Waals surface area contributed by atoms with Crippen LogP contribution in [0, 0.1) is 17.8 Å². The topological polar surface area (TPSA) is 308 Å². The standard InChI is InChI=1S/C30H32N4O2.2C22H23N3.C16H21NO2.C14H11N5/c31-24-18-16-23(17-19-24)29-27-25(28(33-34-29)22-12-6-2-7-13-22)14-8-3-9-15-26(27)36-30(35)32-20-21-10-4-1-5-11-21;2*23-18-14-12-17(13-15-18)22-20-11-7-2-1-6-10-19(20)21(24-25-22)16-8-4-3-5-9-16;18-16(17-13-14-9-5-4-6-10-14)19-15-11-7-2-1-3-8-12-15;15-12-8-6-11(7-9-12)14-18-16-13(17-19-14)10-4-2-1-3-5-10/h1-2,4-7,10-13,16-19,25-27H,3,8-9,14-15,20,31H2,(H,32,35);3-5,8-9,12-15H,1-2,6-7,10-11,23H2;3-5,8-9,11-15,19H,1-2,6-7,10,23H2;4-7,9-11,15H,1-3,8,12-13H2,(H,17,18);1-9H,15H2/b;;;11-7+;. The summed E-state index contributed by atoms with van der Waals surface area (Å²) in [5.41, 5.74) is 46.8. The van der Waals surface area contributed by atoms with Crippen LogP contribution in [0.3, 0.4) is 0 Å². The summed E-state index contributed by atoms with van der Waals surface area (Å²) >= 11 is 0. The van der Waals surface area contributed by atoms with Crippen LogP contribution in [-0.4, -0.2) is 77.8 Å². The number of hydrogen-bond acceptors (Lipinski definition) is 18. The van der Waals surface area contributed by atoms with E-state index >= 15 is 0 Å². The van der Waals surface area contributed by atoms with Crippen LogP contribution in [0.1, 0.15) is 167 Å². The van der Waals surface area contributed by atoms with E-state index in [1.54, 1.807) is 12.1 Å². The summed E-state index contributed by atoms with van der Waals surface area (Å²) < 4.78 is 11.6. The molecule has 1 fully saturated rings. The van der Waals surface area contributed by atoms with Crippen LogP contribution >= 0.6 is 0 Å². The van der Waals surface area contributed by atoms with E-state index < -0.39 is 6.09 Å². The van der Waals surface area contributed by atoms with Crippen molar-refractivity contribution < 1.29 is 19.1 Å². The molecular weight excluding hydrogens is 1540 g/mol. The molecule has 20 heteroatoms. The maximum absolute atomic E-state index is 13.0. The second kappa shape index (κ2) is 45.1. The fraction of sp³-hybridized carbons (Fsp3) is 0.269. The second-order valence-corrected chi connectivity index (χ2v) is 31.9. The summed E-state index contributed by atoms with van der Waals surface area (Å²) in [5.74, 6) is 1.33. The number of amides is 2. The molecule has 0 bridgehead atoms. The molecule has 10 aromatic carbocycles. The number of allylic oxidation sites excluding steroid dienone is 3. The second-order valence-electron chi connectivity index (χ2n) is 31.9. The molecule has 12 aromatic rings. The lowest BCUT2D eigenvalue weighted by Crippen LogP contribution is -2.45. The molecule has 6 aliphatic rings. The maximum atomic E-state index is 13.0. The summed E-state index contributed by atoms with van der Waals surface area (Å²) in [7, 11) is 0. The van der Waals surface area contributed by atoms with Gasteiger partial charge >= 0.3 is 12.2 Å². The first-order valence-electron chi connectivity index (χ1n) is 43.8. The van der Waals surface area contributed by atoms with Crippen molar-refractivity contribution in [3.63, 3.8) is 0 Å². The fourth-order valence-corrected chi connectivity index (χ4v) is 16.6. The van der Waals surface area contributed by atoms with Gasteiger partial charge < -0.3 is 43.0 Å².